The van der Waals surface area contributed by atoms with Gasteiger partial charge in [0, 0.05) is 32.5 Å². The van der Waals surface area contributed by atoms with E-state index in [1.165, 1.54) is 12.5 Å². The maximum absolute atomic E-state index is 11.5. The molecular weight excluding hydrogens is 491 g/mol. The van der Waals surface area contributed by atoms with Gasteiger partial charge in [0.15, 0.2) is 5.96 Å². The standard InChI is InChI=1S/C23H30N4O2.HI/c1-4-24-23(27-13-12-20(16-27)19-8-6-5-7-9-19)25-15-18-10-11-22(29-3)21(14-18)26-17(2)28;/h5-11,14,20H,4,12-13,15-16H2,1-3H3,(H,24,25)(H,26,28);1H. The van der Waals surface area contributed by atoms with E-state index in [9.17, 15) is 4.79 Å². The number of likely N-dealkylation sites (tertiary alicyclic amines) is 1. The van der Waals surface area contributed by atoms with E-state index in [1.54, 1.807) is 7.11 Å². The zero-order valence-corrected chi connectivity index (χ0v) is 20.2. The number of nitrogens with one attached hydrogen (secondary N) is 2. The molecule has 0 bridgehead atoms. The Morgan fingerprint density at radius 3 is 2.67 bits per heavy atom. The van der Waals surface area contributed by atoms with Crippen LogP contribution >= 0.6 is 24.0 Å². The fraction of sp³-hybridized carbons (Fsp3) is 0.391. The number of aliphatic imine (C=N–C) groups is 1. The summed E-state index contributed by atoms with van der Waals surface area (Å²) in [5.74, 6) is 1.99. The fourth-order valence-corrected chi connectivity index (χ4v) is 3.68. The molecule has 1 heterocycles. The van der Waals surface area contributed by atoms with Gasteiger partial charge in [0.1, 0.15) is 5.75 Å². The summed E-state index contributed by atoms with van der Waals surface area (Å²) in [6.07, 6.45) is 1.13. The number of methoxy groups -OCH3 is 1. The number of halogens is 1. The maximum Gasteiger partial charge on any atom is 0.221 e. The van der Waals surface area contributed by atoms with Crippen LogP contribution in [0.5, 0.6) is 5.75 Å². The van der Waals surface area contributed by atoms with Crippen LogP contribution in [0.1, 0.15) is 37.3 Å². The molecule has 2 aromatic carbocycles. The molecule has 1 unspecified atom stereocenters. The average Bonchev–Trinajstić information content (AvgIpc) is 3.21. The molecule has 0 aliphatic carbocycles. The van der Waals surface area contributed by atoms with Gasteiger partial charge < -0.3 is 20.3 Å². The number of rotatable bonds is 6. The van der Waals surface area contributed by atoms with Crippen LogP contribution in [0.15, 0.2) is 53.5 Å². The summed E-state index contributed by atoms with van der Waals surface area (Å²) < 4.78 is 5.33. The molecule has 1 saturated heterocycles. The topological polar surface area (TPSA) is 66.0 Å². The molecule has 1 aliphatic rings. The van der Waals surface area contributed by atoms with Gasteiger partial charge in [0.2, 0.25) is 5.91 Å². The monoisotopic (exact) mass is 522 g/mol. The summed E-state index contributed by atoms with van der Waals surface area (Å²) in [6.45, 7) is 6.89. The highest BCUT2D eigenvalue weighted by Gasteiger charge is 2.25. The number of hydrogen-bond acceptors (Lipinski definition) is 3. The van der Waals surface area contributed by atoms with E-state index in [0.29, 0.717) is 23.9 Å². The Morgan fingerprint density at radius 2 is 2.00 bits per heavy atom. The Morgan fingerprint density at radius 1 is 1.23 bits per heavy atom. The number of guanidine groups is 1. The van der Waals surface area contributed by atoms with Crippen molar-refractivity contribution in [2.75, 3.05) is 32.1 Å². The minimum atomic E-state index is -0.124. The quantitative estimate of drug-likeness (QED) is 0.339. The lowest BCUT2D eigenvalue weighted by Crippen LogP contribution is -2.40. The van der Waals surface area contributed by atoms with Crippen molar-refractivity contribution in [2.45, 2.75) is 32.7 Å². The summed E-state index contributed by atoms with van der Waals surface area (Å²) in [5.41, 5.74) is 3.08. The van der Waals surface area contributed by atoms with Crippen molar-refractivity contribution in [3.63, 3.8) is 0 Å². The number of carbonyl (C=O) groups excluding carboxylic acids is 1. The second-order valence-corrected chi connectivity index (χ2v) is 7.23. The van der Waals surface area contributed by atoms with Crippen LogP contribution in [0.2, 0.25) is 0 Å². The van der Waals surface area contributed by atoms with Crippen molar-refractivity contribution in [2.24, 2.45) is 4.99 Å². The minimum absolute atomic E-state index is 0. The SMILES string of the molecule is CCNC(=NCc1ccc(OC)c(NC(C)=O)c1)N1CCC(c2ccccc2)C1.I. The molecule has 7 heteroatoms. The van der Waals surface area contributed by atoms with E-state index in [0.717, 1.165) is 37.6 Å². The second kappa shape index (κ2) is 11.8. The second-order valence-electron chi connectivity index (χ2n) is 7.23. The first-order chi connectivity index (χ1) is 14.1. The van der Waals surface area contributed by atoms with Crippen LogP contribution in [0.4, 0.5) is 5.69 Å². The summed E-state index contributed by atoms with van der Waals surface area (Å²) >= 11 is 0. The first-order valence-corrected chi connectivity index (χ1v) is 10.1. The highest BCUT2D eigenvalue weighted by Crippen LogP contribution is 2.28. The van der Waals surface area contributed by atoms with Crippen LogP contribution in [0.25, 0.3) is 0 Å². The third-order valence-electron chi connectivity index (χ3n) is 5.08. The van der Waals surface area contributed by atoms with Crippen molar-refractivity contribution in [3.8, 4) is 5.75 Å². The predicted octanol–water partition coefficient (Wildman–Crippen LogP) is 4.23. The molecule has 1 atom stereocenters. The Labute approximate surface area is 196 Å². The van der Waals surface area contributed by atoms with Crippen LogP contribution in [-0.4, -0.2) is 43.5 Å². The van der Waals surface area contributed by atoms with Gasteiger partial charge in [-0.1, -0.05) is 36.4 Å². The maximum atomic E-state index is 11.5. The Hall–Kier alpha value is -2.29. The molecule has 0 radical (unpaired) electrons. The smallest absolute Gasteiger partial charge is 0.221 e. The zero-order chi connectivity index (χ0) is 20.6. The summed E-state index contributed by atoms with van der Waals surface area (Å²) in [5, 5.41) is 6.24. The van der Waals surface area contributed by atoms with Crippen molar-refractivity contribution < 1.29 is 9.53 Å². The lowest BCUT2D eigenvalue weighted by molar-refractivity contribution is -0.114. The number of nitrogens with zero attached hydrogens (tertiary/aromatic N) is 2. The Kier molecular flexibility index (Phi) is 9.42. The lowest BCUT2D eigenvalue weighted by atomic mass is 9.99. The number of carbonyl (C=O) groups is 1. The van der Waals surface area contributed by atoms with Crippen LogP contribution in [0.3, 0.4) is 0 Å². The minimum Gasteiger partial charge on any atom is -0.495 e. The summed E-state index contributed by atoms with van der Waals surface area (Å²) in [6, 6.07) is 16.5. The third kappa shape index (κ3) is 6.35. The van der Waals surface area contributed by atoms with E-state index in [4.69, 9.17) is 9.73 Å². The van der Waals surface area contributed by atoms with Crippen LogP contribution in [-0.2, 0) is 11.3 Å². The molecule has 0 saturated carbocycles. The molecule has 1 fully saturated rings. The molecule has 1 aliphatic heterocycles. The molecule has 30 heavy (non-hydrogen) atoms. The summed E-state index contributed by atoms with van der Waals surface area (Å²) in [7, 11) is 1.60. The van der Waals surface area contributed by atoms with E-state index >= 15 is 0 Å². The van der Waals surface area contributed by atoms with Gasteiger partial charge >= 0.3 is 0 Å². The normalized spacial score (nSPS) is 16.0. The van der Waals surface area contributed by atoms with Gasteiger partial charge in [-0.05, 0) is 36.6 Å². The van der Waals surface area contributed by atoms with Gasteiger partial charge in [-0.3, -0.25) is 4.79 Å². The van der Waals surface area contributed by atoms with E-state index < -0.39 is 0 Å². The van der Waals surface area contributed by atoms with Crippen molar-refractivity contribution >= 4 is 41.5 Å². The number of ether oxygens (including phenoxy) is 1. The van der Waals surface area contributed by atoms with Gasteiger partial charge in [-0.15, -0.1) is 24.0 Å². The van der Waals surface area contributed by atoms with Crippen LogP contribution < -0.4 is 15.4 Å². The van der Waals surface area contributed by atoms with Gasteiger partial charge in [0.05, 0.1) is 19.3 Å². The number of hydrogen-bond donors (Lipinski definition) is 2. The van der Waals surface area contributed by atoms with Gasteiger partial charge in [-0.25, -0.2) is 4.99 Å². The first-order valence-electron chi connectivity index (χ1n) is 10.1. The van der Waals surface area contributed by atoms with Crippen molar-refractivity contribution in [3.05, 3.63) is 59.7 Å². The molecule has 6 nitrogen and oxygen atoms in total. The molecule has 162 valence electrons. The number of amides is 1. The molecule has 2 N–H and O–H groups in total. The van der Waals surface area contributed by atoms with Crippen molar-refractivity contribution in [1.82, 2.24) is 10.2 Å². The van der Waals surface area contributed by atoms with Crippen molar-refractivity contribution in [1.29, 1.82) is 0 Å². The molecule has 3 rings (SSSR count). The number of benzene rings is 2. The fourth-order valence-electron chi connectivity index (χ4n) is 3.68. The van der Waals surface area contributed by atoms with E-state index in [1.807, 2.05) is 18.2 Å². The molecule has 0 spiro atoms. The molecule has 2 aromatic rings. The number of anilines is 1. The molecule has 0 aromatic heterocycles. The largest absolute Gasteiger partial charge is 0.495 e. The van der Waals surface area contributed by atoms with Gasteiger partial charge in [0.25, 0.3) is 0 Å². The zero-order valence-electron chi connectivity index (χ0n) is 17.9. The lowest BCUT2D eigenvalue weighted by Gasteiger charge is -2.22. The van der Waals surface area contributed by atoms with E-state index in [-0.39, 0.29) is 29.9 Å². The summed E-state index contributed by atoms with van der Waals surface area (Å²) in [4.78, 5) is 18.6. The average molecular weight is 522 g/mol. The third-order valence-corrected chi connectivity index (χ3v) is 5.08. The van der Waals surface area contributed by atoms with E-state index in [2.05, 4.69) is 52.8 Å². The van der Waals surface area contributed by atoms with Gasteiger partial charge in [-0.2, -0.15) is 0 Å². The first kappa shape index (κ1) is 24.0. The molecular formula is C23H31IN4O2. The molecule has 1 amide bonds. The Balaban J connectivity index is 0.00000320. The Bertz CT molecular complexity index is 858. The highest BCUT2D eigenvalue weighted by molar-refractivity contribution is 14.0. The highest BCUT2D eigenvalue weighted by atomic mass is 127. The van der Waals surface area contributed by atoms with Crippen LogP contribution in [0, 0.1) is 0 Å². The predicted molar refractivity (Wildman–Crippen MR) is 133 cm³/mol.